The van der Waals surface area contributed by atoms with Crippen LogP contribution in [0.3, 0.4) is 0 Å². The number of aromatic carboxylic acids is 1. The Kier molecular flexibility index (Phi) is 3.98. The number of carboxylic acids is 1. The third kappa shape index (κ3) is 3.22. The minimum Gasteiger partial charge on any atom is -0.478 e. The predicted octanol–water partition coefficient (Wildman–Crippen LogP) is 2.35. The molecule has 0 bridgehead atoms. The molecule has 21 heavy (non-hydrogen) atoms. The number of aryl methyl sites for hydroxylation is 3. The molecule has 6 heteroatoms. The Morgan fingerprint density at radius 2 is 1.76 bits per heavy atom. The number of nitrogens with one attached hydrogen (secondary N) is 1. The van der Waals surface area contributed by atoms with Crippen molar-refractivity contribution in [1.29, 1.82) is 0 Å². The highest BCUT2D eigenvalue weighted by molar-refractivity contribution is 6.08. The van der Waals surface area contributed by atoms with Gasteiger partial charge in [-0.15, -0.1) is 0 Å². The number of aromatic nitrogens is 2. The second-order valence-electron chi connectivity index (χ2n) is 4.79. The first kappa shape index (κ1) is 14.6. The monoisotopic (exact) mass is 285 g/mol. The minimum absolute atomic E-state index is 0.0553. The van der Waals surface area contributed by atoms with E-state index in [2.05, 4.69) is 15.5 Å². The summed E-state index contributed by atoms with van der Waals surface area (Å²) in [5, 5.41) is 19.6. The highest BCUT2D eigenvalue weighted by atomic mass is 16.4. The Morgan fingerprint density at radius 3 is 2.43 bits per heavy atom. The molecule has 1 amide bonds. The van der Waals surface area contributed by atoms with Crippen LogP contribution in [0.15, 0.2) is 24.3 Å². The molecule has 2 aromatic rings. The Labute approximate surface area is 121 Å². The maximum absolute atomic E-state index is 12.3. The van der Waals surface area contributed by atoms with Gasteiger partial charge < -0.3 is 10.4 Å². The number of nitrogens with zero attached hydrogens (tertiary/aromatic N) is 2. The van der Waals surface area contributed by atoms with E-state index < -0.39 is 11.9 Å². The van der Waals surface area contributed by atoms with Gasteiger partial charge in [-0.25, -0.2) is 4.79 Å². The lowest BCUT2D eigenvalue weighted by atomic mass is 10.1. The third-order valence-electron chi connectivity index (χ3n) is 3.00. The maximum atomic E-state index is 12.3. The van der Waals surface area contributed by atoms with Crippen LogP contribution in [0.5, 0.6) is 0 Å². The molecule has 0 atom stereocenters. The largest absolute Gasteiger partial charge is 0.478 e. The second kappa shape index (κ2) is 5.70. The van der Waals surface area contributed by atoms with Crippen molar-refractivity contribution in [2.75, 3.05) is 5.32 Å². The van der Waals surface area contributed by atoms with E-state index in [1.165, 1.54) is 6.07 Å². The van der Waals surface area contributed by atoms with Gasteiger partial charge >= 0.3 is 5.97 Å². The van der Waals surface area contributed by atoms with E-state index in [1.54, 1.807) is 39.0 Å². The Morgan fingerprint density at radius 1 is 1.05 bits per heavy atom. The number of carbonyl (C=O) groups excluding carboxylic acids is 1. The van der Waals surface area contributed by atoms with Crippen LogP contribution in [0.25, 0.3) is 0 Å². The number of carbonyl (C=O) groups is 2. The van der Waals surface area contributed by atoms with Crippen molar-refractivity contribution in [3.8, 4) is 0 Å². The summed E-state index contributed by atoms with van der Waals surface area (Å²) in [7, 11) is 0. The predicted molar refractivity (Wildman–Crippen MR) is 77.6 cm³/mol. The molecule has 0 spiro atoms. The average Bonchev–Trinajstić information content (AvgIpc) is 2.43. The molecule has 0 aliphatic heterocycles. The quantitative estimate of drug-likeness (QED) is 0.903. The molecule has 1 aromatic carbocycles. The molecule has 2 rings (SSSR count). The average molecular weight is 285 g/mol. The van der Waals surface area contributed by atoms with E-state index in [0.29, 0.717) is 17.0 Å². The lowest BCUT2D eigenvalue weighted by Gasteiger charge is -2.10. The van der Waals surface area contributed by atoms with Crippen LogP contribution in [0.2, 0.25) is 0 Å². The van der Waals surface area contributed by atoms with E-state index in [4.69, 9.17) is 0 Å². The standard InChI is InChI=1S/C15H15N3O3/c1-8-4-5-13(12(6-8)15(20)21)16-14(19)11-7-9(2)17-18-10(11)3/h4-7H,1-3H3,(H,16,19)(H,20,21). The molecule has 2 N–H and O–H groups in total. The Hall–Kier alpha value is -2.76. The van der Waals surface area contributed by atoms with Crippen molar-refractivity contribution in [2.24, 2.45) is 0 Å². The lowest BCUT2D eigenvalue weighted by molar-refractivity contribution is 0.0698. The molecule has 108 valence electrons. The normalized spacial score (nSPS) is 10.2. The Balaban J connectivity index is 2.36. The lowest BCUT2D eigenvalue weighted by Crippen LogP contribution is -2.17. The molecule has 0 saturated carbocycles. The van der Waals surface area contributed by atoms with Gasteiger partial charge in [0.25, 0.3) is 5.91 Å². The van der Waals surface area contributed by atoms with Crippen molar-refractivity contribution in [3.05, 3.63) is 52.3 Å². The Bertz CT molecular complexity index is 726. The van der Waals surface area contributed by atoms with Gasteiger partial charge in [-0.05, 0) is 39.0 Å². The van der Waals surface area contributed by atoms with Crippen LogP contribution in [0.1, 0.15) is 37.7 Å². The number of amides is 1. The van der Waals surface area contributed by atoms with Gasteiger partial charge in [-0.1, -0.05) is 11.6 Å². The molecular formula is C15H15N3O3. The van der Waals surface area contributed by atoms with Gasteiger partial charge in [0, 0.05) is 0 Å². The van der Waals surface area contributed by atoms with Gasteiger partial charge in [0.1, 0.15) is 0 Å². The van der Waals surface area contributed by atoms with Crippen LogP contribution >= 0.6 is 0 Å². The molecule has 6 nitrogen and oxygen atoms in total. The topological polar surface area (TPSA) is 92.2 Å². The molecule has 0 saturated heterocycles. The summed E-state index contributed by atoms with van der Waals surface area (Å²) in [6.45, 7) is 5.20. The maximum Gasteiger partial charge on any atom is 0.337 e. The zero-order valence-electron chi connectivity index (χ0n) is 12.0. The number of hydrogen-bond acceptors (Lipinski definition) is 4. The van der Waals surface area contributed by atoms with E-state index in [0.717, 1.165) is 5.56 Å². The first-order valence-corrected chi connectivity index (χ1v) is 6.34. The van der Waals surface area contributed by atoms with Crippen molar-refractivity contribution < 1.29 is 14.7 Å². The summed E-state index contributed by atoms with van der Waals surface area (Å²) in [5.41, 5.74) is 2.60. The highest BCUT2D eigenvalue weighted by Gasteiger charge is 2.16. The molecule has 0 fully saturated rings. The summed E-state index contributed by atoms with van der Waals surface area (Å²) in [4.78, 5) is 23.5. The molecule has 0 radical (unpaired) electrons. The molecular weight excluding hydrogens is 270 g/mol. The minimum atomic E-state index is -1.09. The third-order valence-corrected chi connectivity index (χ3v) is 3.00. The van der Waals surface area contributed by atoms with E-state index in [-0.39, 0.29) is 11.3 Å². The van der Waals surface area contributed by atoms with Gasteiger partial charge in [0.05, 0.1) is 28.2 Å². The van der Waals surface area contributed by atoms with E-state index >= 15 is 0 Å². The number of anilines is 1. The van der Waals surface area contributed by atoms with Crippen molar-refractivity contribution in [1.82, 2.24) is 10.2 Å². The van der Waals surface area contributed by atoms with Gasteiger partial charge in [-0.3, -0.25) is 4.79 Å². The van der Waals surface area contributed by atoms with Crippen LogP contribution in [-0.4, -0.2) is 27.2 Å². The summed E-state index contributed by atoms with van der Waals surface area (Å²) >= 11 is 0. The molecule has 1 aromatic heterocycles. The van der Waals surface area contributed by atoms with E-state index in [1.807, 2.05) is 0 Å². The fraction of sp³-hybridized carbons (Fsp3) is 0.200. The van der Waals surface area contributed by atoms with Crippen LogP contribution in [0, 0.1) is 20.8 Å². The molecule has 0 aliphatic carbocycles. The number of benzene rings is 1. The summed E-state index contributed by atoms with van der Waals surface area (Å²) in [6.07, 6.45) is 0. The zero-order valence-corrected chi connectivity index (χ0v) is 12.0. The first-order chi connectivity index (χ1) is 9.88. The van der Waals surface area contributed by atoms with Gasteiger partial charge in [0.2, 0.25) is 0 Å². The summed E-state index contributed by atoms with van der Waals surface area (Å²) in [5.74, 6) is -1.49. The van der Waals surface area contributed by atoms with E-state index in [9.17, 15) is 14.7 Å². The van der Waals surface area contributed by atoms with Gasteiger partial charge in [0.15, 0.2) is 0 Å². The molecule has 1 heterocycles. The van der Waals surface area contributed by atoms with Crippen LogP contribution in [0.4, 0.5) is 5.69 Å². The molecule has 0 aliphatic rings. The fourth-order valence-corrected chi connectivity index (χ4v) is 1.91. The van der Waals surface area contributed by atoms with Crippen molar-refractivity contribution in [3.63, 3.8) is 0 Å². The van der Waals surface area contributed by atoms with Gasteiger partial charge in [-0.2, -0.15) is 10.2 Å². The highest BCUT2D eigenvalue weighted by Crippen LogP contribution is 2.19. The SMILES string of the molecule is Cc1ccc(NC(=O)c2cc(C)nnc2C)c(C(=O)O)c1. The summed E-state index contributed by atoms with van der Waals surface area (Å²) in [6, 6.07) is 6.45. The first-order valence-electron chi connectivity index (χ1n) is 6.34. The summed E-state index contributed by atoms with van der Waals surface area (Å²) < 4.78 is 0. The van der Waals surface area contributed by atoms with Crippen molar-refractivity contribution >= 4 is 17.6 Å². The smallest absolute Gasteiger partial charge is 0.337 e. The number of carboxylic acid groups (broad SMARTS) is 1. The fourth-order valence-electron chi connectivity index (χ4n) is 1.91. The second-order valence-corrected chi connectivity index (χ2v) is 4.79. The molecule has 0 unspecified atom stereocenters. The zero-order chi connectivity index (χ0) is 15.6. The van der Waals surface area contributed by atoms with Crippen molar-refractivity contribution in [2.45, 2.75) is 20.8 Å². The number of rotatable bonds is 3. The van der Waals surface area contributed by atoms with Crippen LogP contribution in [-0.2, 0) is 0 Å². The van der Waals surface area contributed by atoms with Crippen LogP contribution < -0.4 is 5.32 Å². The number of hydrogen-bond donors (Lipinski definition) is 2.